The first kappa shape index (κ1) is 13.6. The van der Waals surface area contributed by atoms with Crippen molar-refractivity contribution in [2.75, 3.05) is 6.54 Å². The van der Waals surface area contributed by atoms with E-state index in [2.05, 4.69) is 5.32 Å². The van der Waals surface area contributed by atoms with Gasteiger partial charge in [0.15, 0.2) is 0 Å². The fourth-order valence-electron chi connectivity index (χ4n) is 1.42. The zero-order chi connectivity index (χ0) is 12.7. The zero-order valence-corrected chi connectivity index (χ0v) is 9.54. The Hall–Kier alpha value is -1.43. The maximum Gasteiger partial charge on any atom is 0.323 e. The summed E-state index contributed by atoms with van der Waals surface area (Å²) in [4.78, 5) is 10.5. The summed E-state index contributed by atoms with van der Waals surface area (Å²) in [6.45, 7) is 1.22. The first-order chi connectivity index (χ1) is 8.11. The van der Waals surface area contributed by atoms with Gasteiger partial charge < -0.3 is 21.3 Å². The molecule has 0 radical (unpaired) electrons. The number of aliphatic carboxylic acids is 1. The highest BCUT2D eigenvalue weighted by Gasteiger charge is 2.20. The van der Waals surface area contributed by atoms with Crippen LogP contribution in [0.4, 0.5) is 0 Å². The van der Waals surface area contributed by atoms with E-state index in [-0.39, 0.29) is 0 Å². The van der Waals surface area contributed by atoms with Crippen LogP contribution >= 0.6 is 0 Å². The molecule has 0 saturated carbocycles. The van der Waals surface area contributed by atoms with E-state index in [1.54, 1.807) is 0 Å². The molecule has 5 nitrogen and oxygen atoms in total. The second-order valence-corrected chi connectivity index (χ2v) is 3.88. The van der Waals surface area contributed by atoms with E-state index in [9.17, 15) is 9.90 Å². The van der Waals surface area contributed by atoms with Crippen molar-refractivity contribution in [1.29, 1.82) is 0 Å². The standard InChI is InChI=1S/C12H18N2O3/c13-11(12(16)17)10(15)6-7-14-8-9-4-2-1-3-5-9/h1-5,10-11,14-15H,6-8,13H2,(H,16,17)/t10-,11+/m1/s1. The molecule has 0 aromatic heterocycles. The number of benzene rings is 1. The predicted octanol–water partition coefficient (Wildman–Crippen LogP) is -0.0609. The van der Waals surface area contributed by atoms with Crippen LogP contribution in [0.15, 0.2) is 30.3 Å². The third kappa shape index (κ3) is 4.95. The predicted molar refractivity (Wildman–Crippen MR) is 64.4 cm³/mol. The Kier molecular flexibility index (Phi) is 5.62. The van der Waals surface area contributed by atoms with Crippen molar-refractivity contribution in [3.8, 4) is 0 Å². The molecular formula is C12H18N2O3. The second-order valence-electron chi connectivity index (χ2n) is 3.88. The average molecular weight is 238 g/mol. The Morgan fingerprint density at radius 3 is 2.59 bits per heavy atom. The number of carboxylic acid groups (broad SMARTS) is 1. The van der Waals surface area contributed by atoms with E-state index in [4.69, 9.17) is 10.8 Å². The lowest BCUT2D eigenvalue weighted by Crippen LogP contribution is -2.43. The maximum absolute atomic E-state index is 10.5. The number of carbonyl (C=O) groups is 1. The van der Waals surface area contributed by atoms with Crippen LogP contribution in [0.5, 0.6) is 0 Å². The van der Waals surface area contributed by atoms with E-state index in [1.807, 2.05) is 30.3 Å². The number of nitrogens with two attached hydrogens (primary N) is 1. The van der Waals surface area contributed by atoms with Crippen molar-refractivity contribution in [2.45, 2.75) is 25.1 Å². The van der Waals surface area contributed by atoms with Gasteiger partial charge >= 0.3 is 5.97 Å². The van der Waals surface area contributed by atoms with Crippen molar-refractivity contribution in [3.63, 3.8) is 0 Å². The molecule has 2 atom stereocenters. The maximum atomic E-state index is 10.5. The van der Waals surface area contributed by atoms with E-state index >= 15 is 0 Å². The van der Waals surface area contributed by atoms with E-state index in [1.165, 1.54) is 0 Å². The number of aliphatic hydroxyl groups is 1. The van der Waals surface area contributed by atoms with Crippen LogP contribution in [0.3, 0.4) is 0 Å². The van der Waals surface area contributed by atoms with Crippen molar-refractivity contribution in [2.24, 2.45) is 5.73 Å². The molecule has 0 heterocycles. The number of aliphatic hydroxyl groups excluding tert-OH is 1. The summed E-state index contributed by atoms with van der Waals surface area (Å²) in [6, 6.07) is 8.62. The van der Waals surface area contributed by atoms with Gasteiger partial charge in [0.05, 0.1) is 6.10 Å². The van der Waals surface area contributed by atoms with Gasteiger partial charge in [-0.15, -0.1) is 0 Å². The highest BCUT2D eigenvalue weighted by molar-refractivity contribution is 5.73. The summed E-state index contributed by atoms with van der Waals surface area (Å²) in [6.07, 6.45) is -0.698. The molecule has 0 aliphatic carbocycles. The van der Waals surface area contributed by atoms with Gasteiger partial charge in [-0.05, 0) is 18.5 Å². The lowest BCUT2D eigenvalue weighted by Gasteiger charge is -2.14. The molecule has 94 valence electrons. The average Bonchev–Trinajstić information content (AvgIpc) is 2.34. The molecule has 17 heavy (non-hydrogen) atoms. The summed E-state index contributed by atoms with van der Waals surface area (Å²) in [5.41, 5.74) is 6.42. The Bertz CT molecular complexity index is 343. The van der Waals surface area contributed by atoms with Crippen molar-refractivity contribution in [3.05, 3.63) is 35.9 Å². The normalized spacial score (nSPS) is 14.2. The fourth-order valence-corrected chi connectivity index (χ4v) is 1.42. The number of rotatable bonds is 7. The molecule has 1 rings (SSSR count). The third-order valence-electron chi connectivity index (χ3n) is 2.49. The Morgan fingerprint density at radius 1 is 1.35 bits per heavy atom. The topological polar surface area (TPSA) is 95.6 Å². The summed E-state index contributed by atoms with van der Waals surface area (Å²) >= 11 is 0. The molecule has 0 amide bonds. The molecule has 0 aliphatic rings. The van der Waals surface area contributed by atoms with Gasteiger partial charge in [0, 0.05) is 6.54 Å². The minimum absolute atomic E-state index is 0.320. The molecular weight excluding hydrogens is 220 g/mol. The molecule has 0 spiro atoms. The molecule has 1 aromatic rings. The van der Waals surface area contributed by atoms with Gasteiger partial charge in [0.25, 0.3) is 0 Å². The molecule has 5 N–H and O–H groups in total. The van der Waals surface area contributed by atoms with Gasteiger partial charge in [-0.2, -0.15) is 0 Å². The minimum Gasteiger partial charge on any atom is -0.480 e. The molecule has 0 saturated heterocycles. The van der Waals surface area contributed by atoms with E-state index in [0.29, 0.717) is 19.5 Å². The Labute approximate surface area is 100 Å². The number of nitrogens with one attached hydrogen (secondary N) is 1. The molecule has 1 aromatic carbocycles. The van der Waals surface area contributed by atoms with Crippen LogP contribution in [0, 0.1) is 0 Å². The van der Waals surface area contributed by atoms with Gasteiger partial charge in [-0.1, -0.05) is 30.3 Å². The second kappa shape index (κ2) is 7.01. The van der Waals surface area contributed by atoms with Gasteiger partial charge in [0.1, 0.15) is 6.04 Å². The zero-order valence-electron chi connectivity index (χ0n) is 9.54. The summed E-state index contributed by atoms with van der Waals surface area (Å²) in [5, 5.41) is 21.1. The third-order valence-corrected chi connectivity index (χ3v) is 2.49. The highest BCUT2D eigenvalue weighted by Crippen LogP contribution is 1.99. The van der Waals surface area contributed by atoms with Crippen LogP contribution in [0.2, 0.25) is 0 Å². The summed E-state index contributed by atoms with van der Waals surface area (Å²) in [5.74, 6) is -1.18. The number of hydrogen-bond acceptors (Lipinski definition) is 4. The SMILES string of the molecule is N[C@H](C(=O)O)[C@H](O)CCNCc1ccccc1. The molecule has 0 aliphatic heterocycles. The molecule has 0 unspecified atom stereocenters. The van der Waals surface area contributed by atoms with Gasteiger partial charge in [0.2, 0.25) is 0 Å². The monoisotopic (exact) mass is 238 g/mol. The number of carboxylic acids is 1. The smallest absolute Gasteiger partial charge is 0.323 e. The summed E-state index contributed by atoms with van der Waals surface area (Å²) in [7, 11) is 0. The van der Waals surface area contributed by atoms with Crippen LogP contribution in [0.25, 0.3) is 0 Å². The Morgan fingerprint density at radius 2 is 2.00 bits per heavy atom. The first-order valence-electron chi connectivity index (χ1n) is 5.52. The lowest BCUT2D eigenvalue weighted by atomic mass is 10.1. The van der Waals surface area contributed by atoms with Crippen LogP contribution in [-0.4, -0.2) is 34.9 Å². The van der Waals surface area contributed by atoms with Crippen LogP contribution in [0.1, 0.15) is 12.0 Å². The fraction of sp³-hybridized carbons (Fsp3) is 0.417. The van der Waals surface area contributed by atoms with Crippen molar-refractivity contribution >= 4 is 5.97 Å². The van der Waals surface area contributed by atoms with Crippen molar-refractivity contribution in [1.82, 2.24) is 5.32 Å². The lowest BCUT2D eigenvalue weighted by molar-refractivity contribution is -0.141. The highest BCUT2D eigenvalue weighted by atomic mass is 16.4. The van der Waals surface area contributed by atoms with Crippen LogP contribution in [-0.2, 0) is 11.3 Å². The van der Waals surface area contributed by atoms with E-state index < -0.39 is 18.1 Å². The largest absolute Gasteiger partial charge is 0.480 e. The molecule has 5 heteroatoms. The summed E-state index contributed by atoms with van der Waals surface area (Å²) < 4.78 is 0. The van der Waals surface area contributed by atoms with E-state index in [0.717, 1.165) is 5.56 Å². The van der Waals surface area contributed by atoms with Gasteiger partial charge in [-0.25, -0.2) is 0 Å². The molecule has 0 fully saturated rings. The number of hydrogen-bond donors (Lipinski definition) is 4. The first-order valence-corrected chi connectivity index (χ1v) is 5.52. The Balaban J connectivity index is 2.18. The molecule has 0 bridgehead atoms. The van der Waals surface area contributed by atoms with Crippen molar-refractivity contribution < 1.29 is 15.0 Å². The quantitative estimate of drug-likeness (QED) is 0.499. The minimum atomic E-state index is -1.21. The van der Waals surface area contributed by atoms with Gasteiger partial charge in [-0.3, -0.25) is 4.79 Å². The van der Waals surface area contributed by atoms with Crippen LogP contribution < -0.4 is 11.1 Å².